The number of carbonyl (C=O) groups is 2. The fourth-order valence-corrected chi connectivity index (χ4v) is 5.62. The van der Waals surface area contributed by atoms with Crippen LogP contribution in [0.5, 0.6) is 0 Å². The third kappa shape index (κ3) is 4.73. The highest BCUT2D eigenvalue weighted by Crippen LogP contribution is 2.36. The van der Waals surface area contributed by atoms with E-state index in [-0.39, 0.29) is 17.6 Å². The molecule has 0 radical (unpaired) electrons. The van der Waals surface area contributed by atoms with Crippen molar-refractivity contribution >= 4 is 38.5 Å². The highest BCUT2D eigenvalue weighted by molar-refractivity contribution is 9.10. The van der Waals surface area contributed by atoms with Gasteiger partial charge in [-0.3, -0.25) is 9.59 Å². The van der Waals surface area contributed by atoms with Crippen molar-refractivity contribution in [3.8, 4) is 22.3 Å². The van der Waals surface area contributed by atoms with Crippen LogP contribution in [0.1, 0.15) is 12.0 Å². The molecule has 4 nitrogen and oxygen atoms in total. The van der Waals surface area contributed by atoms with Gasteiger partial charge >= 0.3 is 0 Å². The van der Waals surface area contributed by atoms with Crippen LogP contribution in [0, 0.1) is 12.8 Å². The summed E-state index contributed by atoms with van der Waals surface area (Å²) in [6, 6.07) is 23.1. The predicted octanol–water partition coefficient (Wildman–Crippen LogP) is 6.65. The first-order valence-corrected chi connectivity index (χ1v) is 12.6. The SMILES string of the molecule is C=CC(=O)N1CC(CC(=O)Cn2cc(-c3cccc(-c4ccccc4)c3)c3cc(Br)cc(C)c32)C1. The maximum atomic E-state index is 13.0. The number of aryl methyl sites for hydroxylation is 1. The van der Waals surface area contributed by atoms with Crippen molar-refractivity contribution in [1.82, 2.24) is 9.47 Å². The fraction of sp³-hybridized carbons (Fsp3) is 0.200. The third-order valence-corrected chi connectivity index (χ3v) is 7.17. The molecule has 1 aliphatic heterocycles. The Balaban J connectivity index is 1.45. The topological polar surface area (TPSA) is 42.3 Å². The lowest BCUT2D eigenvalue weighted by molar-refractivity contribution is -0.134. The van der Waals surface area contributed by atoms with Gasteiger partial charge < -0.3 is 9.47 Å². The minimum absolute atomic E-state index is 0.0614. The van der Waals surface area contributed by atoms with E-state index in [2.05, 4.69) is 101 Å². The molecule has 4 aromatic rings. The number of carbonyl (C=O) groups excluding carboxylic acids is 2. The molecule has 0 N–H and O–H groups in total. The van der Waals surface area contributed by atoms with Crippen molar-refractivity contribution in [3.05, 3.63) is 95.6 Å². The molecule has 1 amide bonds. The quantitative estimate of drug-likeness (QED) is 0.253. The molecule has 176 valence electrons. The van der Waals surface area contributed by atoms with E-state index in [1.807, 2.05) is 6.07 Å². The monoisotopic (exact) mass is 526 g/mol. The first-order chi connectivity index (χ1) is 16.9. The lowest BCUT2D eigenvalue weighted by atomic mass is 9.94. The molecule has 0 unspecified atom stereocenters. The summed E-state index contributed by atoms with van der Waals surface area (Å²) in [6.45, 7) is 7.21. The second-order valence-electron chi connectivity index (χ2n) is 9.29. The Kier molecular flexibility index (Phi) is 6.44. The maximum absolute atomic E-state index is 13.0. The molecular formula is C30H27BrN2O2. The van der Waals surface area contributed by atoms with Crippen LogP contribution in [0.3, 0.4) is 0 Å². The molecule has 0 spiro atoms. The summed E-state index contributed by atoms with van der Waals surface area (Å²) in [5, 5.41) is 1.13. The Morgan fingerprint density at radius 2 is 1.71 bits per heavy atom. The summed E-state index contributed by atoms with van der Waals surface area (Å²) in [6.07, 6.45) is 3.93. The van der Waals surface area contributed by atoms with Gasteiger partial charge in [-0.15, -0.1) is 0 Å². The van der Waals surface area contributed by atoms with E-state index >= 15 is 0 Å². The van der Waals surface area contributed by atoms with Gasteiger partial charge in [0.1, 0.15) is 0 Å². The number of rotatable bonds is 7. The van der Waals surface area contributed by atoms with E-state index in [4.69, 9.17) is 0 Å². The molecule has 2 heterocycles. The third-order valence-electron chi connectivity index (χ3n) is 6.71. The average molecular weight is 527 g/mol. The molecule has 0 saturated carbocycles. The van der Waals surface area contributed by atoms with Crippen LogP contribution in [0.2, 0.25) is 0 Å². The minimum atomic E-state index is -0.0614. The Labute approximate surface area is 214 Å². The number of hydrogen-bond acceptors (Lipinski definition) is 2. The minimum Gasteiger partial charge on any atom is -0.339 e. The van der Waals surface area contributed by atoms with Crippen molar-refractivity contribution < 1.29 is 9.59 Å². The summed E-state index contributed by atoms with van der Waals surface area (Å²) >= 11 is 3.66. The smallest absolute Gasteiger partial charge is 0.245 e. The van der Waals surface area contributed by atoms with Crippen molar-refractivity contribution in [2.45, 2.75) is 19.9 Å². The van der Waals surface area contributed by atoms with E-state index in [0.29, 0.717) is 26.1 Å². The Morgan fingerprint density at radius 3 is 2.46 bits per heavy atom. The summed E-state index contributed by atoms with van der Waals surface area (Å²) in [5.41, 5.74) is 6.78. The normalized spacial score (nSPS) is 13.6. The largest absolute Gasteiger partial charge is 0.339 e. The summed E-state index contributed by atoms with van der Waals surface area (Å²) in [4.78, 5) is 26.4. The lowest BCUT2D eigenvalue weighted by Gasteiger charge is -2.38. The molecule has 1 fully saturated rings. The van der Waals surface area contributed by atoms with Gasteiger partial charge in [-0.05, 0) is 53.5 Å². The Morgan fingerprint density at radius 1 is 1.00 bits per heavy atom. The number of fused-ring (bicyclic) bond motifs is 1. The molecule has 3 aromatic carbocycles. The number of halogens is 1. The summed E-state index contributed by atoms with van der Waals surface area (Å²) in [5.74, 6) is 0.351. The molecule has 0 atom stereocenters. The zero-order valence-electron chi connectivity index (χ0n) is 19.7. The van der Waals surface area contributed by atoms with Gasteiger partial charge in [0.25, 0.3) is 0 Å². The van der Waals surface area contributed by atoms with Crippen molar-refractivity contribution in [2.75, 3.05) is 13.1 Å². The van der Waals surface area contributed by atoms with Crippen LogP contribution in [-0.4, -0.2) is 34.2 Å². The fourth-order valence-electron chi connectivity index (χ4n) is 5.05. The van der Waals surface area contributed by atoms with Crippen LogP contribution in [0.4, 0.5) is 0 Å². The number of nitrogens with zero attached hydrogens (tertiary/aromatic N) is 2. The van der Waals surface area contributed by atoms with Gasteiger partial charge in [-0.1, -0.05) is 71.0 Å². The number of hydrogen-bond donors (Lipinski definition) is 0. The number of ketones is 1. The predicted molar refractivity (Wildman–Crippen MR) is 145 cm³/mol. The lowest BCUT2D eigenvalue weighted by Crippen LogP contribution is -2.50. The van der Waals surface area contributed by atoms with Crippen molar-refractivity contribution in [1.29, 1.82) is 0 Å². The second kappa shape index (κ2) is 9.67. The van der Waals surface area contributed by atoms with Crippen LogP contribution in [-0.2, 0) is 16.1 Å². The van der Waals surface area contributed by atoms with Crippen molar-refractivity contribution in [3.63, 3.8) is 0 Å². The zero-order chi connectivity index (χ0) is 24.5. The number of likely N-dealkylation sites (tertiary alicyclic amines) is 1. The molecule has 5 heteroatoms. The van der Waals surface area contributed by atoms with E-state index < -0.39 is 0 Å². The molecule has 35 heavy (non-hydrogen) atoms. The van der Waals surface area contributed by atoms with Gasteiger partial charge in [0.2, 0.25) is 5.91 Å². The van der Waals surface area contributed by atoms with Crippen LogP contribution in [0.15, 0.2) is 90.1 Å². The number of amides is 1. The Hall–Kier alpha value is -3.44. The van der Waals surface area contributed by atoms with Crippen LogP contribution in [0.25, 0.3) is 33.2 Å². The van der Waals surface area contributed by atoms with Gasteiger partial charge in [-0.25, -0.2) is 0 Å². The molecule has 1 aromatic heterocycles. The summed E-state index contributed by atoms with van der Waals surface area (Å²) in [7, 11) is 0. The van der Waals surface area contributed by atoms with Gasteiger partial charge in [0.05, 0.1) is 12.1 Å². The number of aromatic nitrogens is 1. The van der Waals surface area contributed by atoms with E-state index in [9.17, 15) is 9.59 Å². The summed E-state index contributed by atoms with van der Waals surface area (Å²) < 4.78 is 3.11. The molecule has 5 rings (SSSR count). The first kappa shape index (κ1) is 23.3. The molecular weight excluding hydrogens is 500 g/mol. The zero-order valence-corrected chi connectivity index (χ0v) is 21.3. The van der Waals surface area contributed by atoms with Crippen molar-refractivity contribution in [2.24, 2.45) is 5.92 Å². The Bertz CT molecular complexity index is 1430. The van der Waals surface area contributed by atoms with E-state index in [0.717, 1.165) is 37.6 Å². The maximum Gasteiger partial charge on any atom is 0.245 e. The number of benzene rings is 3. The van der Waals surface area contributed by atoms with E-state index in [1.165, 1.54) is 11.6 Å². The first-order valence-electron chi connectivity index (χ1n) is 11.8. The second-order valence-corrected chi connectivity index (χ2v) is 10.2. The molecule has 0 aliphatic carbocycles. The van der Waals surface area contributed by atoms with Gasteiger partial charge in [0.15, 0.2) is 5.78 Å². The highest BCUT2D eigenvalue weighted by Gasteiger charge is 2.30. The van der Waals surface area contributed by atoms with Gasteiger partial charge in [-0.2, -0.15) is 0 Å². The molecule has 1 aliphatic rings. The highest BCUT2D eigenvalue weighted by atomic mass is 79.9. The molecule has 1 saturated heterocycles. The average Bonchev–Trinajstić information content (AvgIpc) is 3.19. The van der Waals surface area contributed by atoms with Gasteiger partial charge in [0, 0.05) is 47.0 Å². The van der Waals surface area contributed by atoms with Crippen LogP contribution < -0.4 is 0 Å². The van der Waals surface area contributed by atoms with E-state index in [1.54, 1.807) is 4.90 Å². The molecule has 0 bridgehead atoms. The number of Topliss-reactive ketones (excluding diaryl/α,β-unsaturated/α-hetero) is 1. The standard InChI is InChI=1S/C30H27BrN2O2/c1-3-29(35)32-16-21(17-32)13-26(34)18-33-19-28(27-15-25(31)12-20(2)30(27)33)24-11-7-10-23(14-24)22-8-5-4-6-9-22/h3-12,14-15,19,21H,1,13,16-18H2,2H3. The van der Waals surface area contributed by atoms with Crippen LogP contribution >= 0.6 is 15.9 Å².